The summed E-state index contributed by atoms with van der Waals surface area (Å²) in [6.07, 6.45) is -1.90. The number of rotatable bonds is 5. The molecule has 2 atom stereocenters. The highest BCUT2D eigenvalue weighted by atomic mass is 16.6. The number of aliphatic hydroxyl groups is 2. The van der Waals surface area contributed by atoms with E-state index in [2.05, 4.69) is 5.32 Å². The molecule has 1 aromatic carbocycles. The van der Waals surface area contributed by atoms with Crippen molar-refractivity contribution >= 4 is 6.09 Å². The molecule has 0 saturated heterocycles. The average Bonchev–Trinajstić information content (AvgIpc) is 2.42. The molecule has 0 heterocycles. The van der Waals surface area contributed by atoms with Crippen molar-refractivity contribution in [1.82, 2.24) is 5.32 Å². The number of aryl methyl sites for hydroxylation is 1. The zero-order chi connectivity index (χ0) is 16.0. The molecule has 5 nitrogen and oxygen atoms in total. The molecule has 0 radical (unpaired) electrons. The lowest BCUT2D eigenvalue weighted by atomic mass is 10.0. The first kappa shape index (κ1) is 17.5. The topological polar surface area (TPSA) is 78.8 Å². The number of hydrogen-bond acceptors (Lipinski definition) is 4. The summed E-state index contributed by atoms with van der Waals surface area (Å²) in [5.41, 5.74) is 1.12. The van der Waals surface area contributed by atoms with Gasteiger partial charge in [0.15, 0.2) is 0 Å². The van der Waals surface area contributed by atoms with Gasteiger partial charge in [-0.3, -0.25) is 0 Å². The molecule has 1 rings (SSSR count). The fraction of sp³-hybridized carbons (Fsp3) is 0.562. The third kappa shape index (κ3) is 6.14. The SMILES string of the molecule is CCc1cccc(C(O)C(O)CNC(=O)OC(C)(C)C)c1. The van der Waals surface area contributed by atoms with Crippen LogP contribution in [0.5, 0.6) is 0 Å². The molecule has 2 unspecified atom stereocenters. The van der Waals surface area contributed by atoms with Gasteiger partial charge in [0.1, 0.15) is 17.8 Å². The molecule has 0 aliphatic rings. The Kier molecular flexibility index (Phi) is 6.18. The van der Waals surface area contributed by atoms with Crippen molar-refractivity contribution in [3.05, 3.63) is 35.4 Å². The van der Waals surface area contributed by atoms with E-state index >= 15 is 0 Å². The van der Waals surface area contributed by atoms with Gasteiger partial charge in [-0.1, -0.05) is 31.2 Å². The highest BCUT2D eigenvalue weighted by Gasteiger charge is 2.21. The smallest absolute Gasteiger partial charge is 0.407 e. The number of carbonyl (C=O) groups excluding carboxylic acids is 1. The Balaban J connectivity index is 2.54. The van der Waals surface area contributed by atoms with Crippen molar-refractivity contribution in [2.45, 2.75) is 51.9 Å². The molecule has 0 spiro atoms. The van der Waals surface area contributed by atoms with Crippen LogP contribution in [0.15, 0.2) is 24.3 Å². The minimum absolute atomic E-state index is 0.0770. The highest BCUT2D eigenvalue weighted by Crippen LogP contribution is 2.18. The molecule has 118 valence electrons. The Labute approximate surface area is 125 Å². The predicted molar refractivity (Wildman–Crippen MR) is 81.0 cm³/mol. The second kappa shape index (κ2) is 7.43. The minimum atomic E-state index is -1.09. The number of alkyl carbamates (subject to hydrolysis) is 1. The van der Waals surface area contributed by atoms with Gasteiger partial charge >= 0.3 is 6.09 Å². The zero-order valence-corrected chi connectivity index (χ0v) is 13.1. The minimum Gasteiger partial charge on any atom is -0.444 e. The third-order valence-corrected chi connectivity index (χ3v) is 2.92. The third-order valence-electron chi connectivity index (χ3n) is 2.92. The van der Waals surface area contributed by atoms with E-state index in [1.807, 2.05) is 25.1 Å². The summed E-state index contributed by atoms with van der Waals surface area (Å²) in [5.74, 6) is 0. The van der Waals surface area contributed by atoms with Crippen molar-refractivity contribution < 1.29 is 19.7 Å². The van der Waals surface area contributed by atoms with Gasteiger partial charge in [-0.05, 0) is 38.3 Å². The molecule has 0 fully saturated rings. The fourth-order valence-electron chi connectivity index (χ4n) is 1.83. The fourth-order valence-corrected chi connectivity index (χ4v) is 1.83. The molecule has 0 bridgehead atoms. The quantitative estimate of drug-likeness (QED) is 0.778. The summed E-state index contributed by atoms with van der Waals surface area (Å²) in [7, 11) is 0. The Morgan fingerprint density at radius 3 is 2.57 bits per heavy atom. The summed E-state index contributed by atoms with van der Waals surface area (Å²) in [4.78, 5) is 11.5. The van der Waals surface area contributed by atoms with Gasteiger partial charge in [-0.25, -0.2) is 4.79 Å². The van der Waals surface area contributed by atoms with E-state index < -0.39 is 23.9 Å². The van der Waals surface area contributed by atoms with E-state index in [4.69, 9.17) is 4.74 Å². The maximum atomic E-state index is 11.5. The van der Waals surface area contributed by atoms with Crippen LogP contribution in [-0.4, -0.2) is 34.6 Å². The maximum absolute atomic E-state index is 11.5. The van der Waals surface area contributed by atoms with Gasteiger partial charge in [-0.2, -0.15) is 0 Å². The van der Waals surface area contributed by atoms with Crippen LogP contribution in [0.1, 0.15) is 44.9 Å². The summed E-state index contributed by atoms with van der Waals surface area (Å²) in [6, 6.07) is 7.40. The summed E-state index contributed by atoms with van der Waals surface area (Å²) in [5, 5.41) is 22.5. The summed E-state index contributed by atoms with van der Waals surface area (Å²) < 4.78 is 5.07. The van der Waals surface area contributed by atoms with E-state index in [1.54, 1.807) is 26.8 Å². The van der Waals surface area contributed by atoms with Crippen molar-refractivity contribution in [2.75, 3.05) is 6.54 Å². The number of aliphatic hydroxyl groups excluding tert-OH is 2. The van der Waals surface area contributed by atoms with Crippen molar-refractivity contribution in [3.63, 3.8) is 0 Å². The van der Waals surface area contributed by atoms with E-state index in [-0.39, 0.29) is 6.54 Å². The standard InChI is InChI=1S/C16H25NO4/c1-5-11-7-6-8-12(9-11)14(19)13(18)10-17-15(20)21-16(2,3)4/h6-9,13-14,18-19H,5,10H2,1-4H3,(H,17,20). The molecular weight excluding hydrogens is 270 g/mol. The first-order chi connectivity index (χ1) is 9.73. The zero-order valence-electron chi connectivity index (χ0n) is 13.1. The van der Waals surface area contributed by atoms with Crippen LogP contribution in [0.25, 0.3) is 0 Å². The van der Waals surface area contributed by atoms with Gasteiger partial charge in [0.05, 0.1) is 0 Å². The van der Waals surface area contributed by atoms with Crippen molar-refractivity contribution in [1.29, 1.82) is 0 Å². The van der Waals surface area contributed by atoms with Crippen LogP contribution in [0.3, 0.4) is 0 Å². The molecule has 21 heavy (non-hydrogen) atoms. The number of amides is 1. The van der Waals surface area contributed by atoms with E-state index in [0.717, 1.165) is 12.0 Å². The molecule has 1 amide bonds. The van der Waals surface area contributed by atoms with Crippen LogP contribution >= 0.6 is 0 Å². The Morgan fingerprint density at radius 2 is 2.00 bits per heavy atom. The van der Waals surface area contributed by atoms with Gasteiger partial charge in [0.25, 0.3) is 0 Å². The lowest BCUT2D eigenvalue weighted by Crippen LogP contribution is -2.38. The second-order valence-electron chi connectivity index (χ2n) is 5.99. The molecule has 0 aromatic heterocycles. The highest BCUT2D eigenvalue weighted by molar-refractivity contribution is 5.67. The van der Waals surface area contributed by atoms with Gasteiger partial charge < -0.3 is 20.3 Å². The predicted octanol–water partition coefficient (Wildman–Crippen LogP) is 2.17. The van der Waals surface area contributed by atoms with E-state index in [1.165, 1.54) is 0 Å². The molecule has 1 aromatic rings. The molecule has 0 aliphatic carbocycles. The first-order valence-corrected chi connectivity index (χ1v) is 7.14. The van der Waals surface area contributed by atoms with Gasteiger partial charge in [0.2, 0.25) is 0 Å². The molecular formula is C16H25NO4. The molecule has 0 aliphatic heterocycles. The molecule has 0 saturated carbocycles. The van der Waals surface area contributed by atoms with Gasteiger partial charge in [0, 0.05) is 6.54 Å². The Hall–Kier alpha value is -1.59. The lowest BCUT2D eigenvalue weighted by Gasteiger charge is -2.22. The maximum Gasteiger partial charge on any atom is 0.407 e. The normalized spacial score (nSPS) is 14.4. The summed E-state index contributed by atoms with van der Waals surface area (Å²) in [6.45, 7) is 7.22. The van der Waals surface area contributed by atoms with Gasteiger partial charge in [-0.15, -0.1) is 0 Å². The van der Waals surface area contributed by atoms with Crippen molar-refractivity contribution in [2.24, 2.45) is 0 Å². The molecule has 5 heteroatoms. The first-order valence-electron chi connectivity index (χ1n) is 7.14. The van der Waals surface area contributed by atoms with Crippen LogP contribution in [-0.2, 0) is 11.2 Å². The lowest BCUT2D eigenvalue weighted by molar-refractivity contribution is 0.0129. The number of benzene rings is 1. The second-order valence-corrected chi connectivity index (χ2v) is 5.99. The number of ether oxygens (including phenoxy) is 1. The largest absolute Gasteiger partial charge is 0.444 e. The summed E-state index contributed by atoms with van der Waals surface area (Å²) >= 11 is 0. The van der Waals surface area contributed by atoms with Crippen molar-refractivity contribution in [3.8, 4) is 0 Å². The Bertz CT molecular complexity index is 468. The van der Waals surface area contributed by atoms with Crippen LogP contribution in [0.2, 0.25) is 0 Å². The molecule has 3 N–H and O–H groups in total. The Morgan fingerprint density at radius 1 is 1.33 bits per heavy atom. The number of hydrogen-bond donors (Lipinski definition) is 3. The van der Waals surface area contributed by atoms with Crippen LogP contribution in [0.4, 0.5) is 4.79 Å². The van der Waals surface area contributed by atoms with E-state index in [9.17, 15) is 15.0 Å². The average molecular weight is 295 g/mol. The monoisotopic (exact) mass is 295 g/mol. The van der Waals surface area contributed by atoms with E-state index in [0.29, 0.717) is 5.56 Å². The number of carbonyl (C=O) groups is 1. The number of nitrogens with one attached hydrogen (secondary N) is 1. The van der Waals surface area contributed by atoms with Crippen LogP contribution < -0.4 is 5.32 Å². The van der Waals surface area contributed by atoms with Crippen LogP contribution in [0, 0.1) is 0 Å².